The highest BCUT2D eigenvalue weighted by Crippen LogP contribution is 2.35. The van der Waals surface area contributed by atoms with E-state index in [-0.39, 0.29) is 16.5 Å². The Morgan fingerprint density at radius 2 is 1.74 bits per heavy atom. The van der Waals surface area contributed by atoms with Crippen molar-refractivity contribution in [2.75, 3.05) is 0 Å². The van der Waals surface area contributed by atoms with Crippen LogP contribution in [0, 0.1) is 0 Å². The van der Waals surface area contributed by atoms with Crippen LogP contribution in [0.2, 0.25) is 10.2 Å². The summed E-state index contributed by atoms with van der Waals surface area (Å²) in [5.74, 6) is -0.141. The average molecular weight is 305 g/mol. The van der Waals surface area contributed by atoms with Gasteiger partial charge in [-0.15, -0.1) is 0 Å². The molecule has 3 nitrogen and oxygen atoms in total. The van der Waals surface area contributed by atoms with E-state index in [1.165, 1.54) is 0 Å². The Kier molecular flexibility index (Phi) is 4.29. The summed E-state index contributed by atoms with van der Waals surface area (Å²) in [5, 5.41) is 9.27. The number of aliphatic hydroxyl groups excluding tert-OH is 1. The molecule has 7 heteroatoms. The van der Waals surface area contributed by atoms with Gasteiger partial charge in [0.05, 0.1) is 0 Å². The molecular formula is C12H8Cl2F2N2O. The molecule has 1 N–H and O–H groups in total. The van der Waals surface area contributed by atoms with Crippen LogP contribution in [0.15, 0.2) is 24.3 Å². The molecule has 1 aromatic carbocycles. The van der Waals surface area contributed by atoms with E-state index in [2.05, 4.69) is 9.97 Å². The lowest BCUT2D eigenvalue weighted by Crippen LogP contribution is -2.04. The van der Waals surface area contributed by atoms with Crippen LogP contribution in [0.3, 0.4) is 0 Å². The first-order chi connectivity index (χ1) is 9.02. The van der Waals surface area contributed by atoms with Crippen LogP contribution in [-0.2, 0) is 6.61 Å². The van der Waals surface area contributed by atoms with Crippen LogP contribution in [0.4, 0.5) is 8.78 Å². The standard InChI is InChI=1S/C12H8Cl2F2N2O/c13-7-3-1-6(2-4-7)9-10(12(15)16)17-8(5-19)18-11(9)14/h1-4,12,19H,5H2. The number of benzene rings is 1. The number of alkyl halides is 2. The quantitative estimate of drug-likeness (QED) is 0.875. The average Bonchev–Trinajstić information content (AvgIpc) is 2.39. The van der Waals surface area contributed by atoms with Crippen molar-refractivity contribution in [1.29, 1.82) is 0 Å². The Labute approximate surface area is 117 Å². The van der Waals surface area contributed by atoms with E-state index in [1.807, 2.05) is 0 Å². The summed E-state index contributed by atoms with van der Waals surface area (Å²) in [7, 11) is 0. The first-order valence-electron chi connectivity index (χ1n) is 5.24. The highest BCUT2D eigenvalue weighted by molar-refractivity contribution is 6.32. The van der Waals surface area contributed by atoms with E-state index < -0.39 is 18.7 Å². The SMILES string of the molecule is OCc1nc(Cl)c(-c2ccc(Cl)cc2)c(C(F)F)n1. The number of aromatic nitrogens is 2. The third kappa shape index (κ3) is 3.00. The minimum Gasteiger partial charge on any atom is -0.388 e. The fraction of sp³-hybridized carbons (Fsp3) is 0.167. The van der Waals surface area contributed by atoms with Gasteiger partial charge in [0.25, 0.3) is 6.43 Å². The second kappa shape index (κ2) is 5.77. The first kappa shape index (κ1) is 14.1. The molecule has 19 heavy (non-hydrogen) atoms. The molecule has 1 aromatic heterocycles. The molecule has 0 spiro atoms. The Bertz CT molecular complexity index is 591. The number of aliphatic hydroxyl groups is 1. The fourth-order valence-electron chi connectivity index (χ4n) is 1.61. The third-order valence-corrected chi connectivity index (χ3v) is 2.95. The molecular weight excluding hydrogens is 297 g/mol. The van der Waals surface area contributed by atoms with Gasteiger partial charge in [0.15, 0.2) is 5.82 Å². The molecule has 0 atom stereocenters. The smallest absolute Gasteiger partial charge is 0.281 e. The number of nitrogens with zero attached hydrogens (tertiary/aromatic N) is 2. The fourth-order valence-corrected chi connectivity index (χ4v) is 2.04. The molecule has 0 bridgehead atoms. The van der Waals surface area contributed by atoms with Crippen molar-refractivity contribution in [3.05, 3.63) is 46.0 Å². The van der Waals surface area contributed by atoms with E-state index in [0.29, 0.717) is 10.6 Å². The van der Waals surface area contributed by atoms with Gasteiger partial charge in [0, 0.05) is 10.6 Å². The van der Waals surface area contributed by atoms with Crippen molar-refractivity contribution in [1.82, 2.24) is 9.97 Å². The van der Waals surface area contributed by atoms with Gasteiger partial charge in [0.1, 0.15) is 17.5 Å². The molecule has 0 amide bonds. The molecule has 0 saturated carbocycles. The molecule has 0 unspecified atom stereocenters. The monoisotopic (exact) mass is 304 g/mol. The molecule has 2 aromatic rings. The van der Waals surface area contributed by atoms with Gasteiger partial charge in [-0.25, -0.2) is 18.7 Å². The summed E-state index contributed by atoms with van der Waals surface area (Å²) in [6.07, 6.45) is -2.82. The van der Waals surface area contributed by atoms with Crippen LogP contribution < -0.4 is 0 Å². The van der Waals surface area contributed by atoms with Gasteiger partial charge in [0.2, 0.25) is 0 Å². The molecule has 100 valence electrons. The van der Waals surface area contributed by atoms with Crippen LogP contribution in [0.1, 0.15) is 17.9 Å². The van der Waals surface area contributed by atoms with Gasteiger partial charge < -0.3 is 5.11 Å². The van der Waals surface area contributed by atoms with Crippen LogP contribution in [0.5, 0.6) is 0 Å². The van der Waals surface area contributed by atoms with E-state index in [0.717, 1.165) is 0 Å². The topological polar surface area (TPSA) is 46.0 Å². The van der Waals surface area contributed by atoms with Crippen LogP contribution in [-0.4, -0.2) is 15.1 Å². The largest absolute Gasteiger partial charge is 0.388 e. The minimum absolute atomic E-state index is 0.0468. The maximum absolute atomic E-state index is 13.0. The normalized spacial score (nSPS) is 11.1. The van der Waals surface area contributed by atoms with E-state index >= 15 is 0 Å². The second-order valence-corrected chi connectivity index (χ2v) is 4.45. The zero-order valence-corrected chi connectivity index (χ0v) is 11.0. The summed E-state index contributed by atoms with van der Waals surface area (Å²) in [6.45, 7) is -0.555. The number of hydrogen-bond donors (Lipinski definition) is 1. The van der Waals surface area contributed by atoms with Gasteiger partial charge >= 0.3 is 0 Å². The molecule has 0 fully saturated rings. The van der Waals surface area contributed by atoms with Gasteiger partial charge in [-0.2, -0.15) is 0 Å². The predicted octanol–water partition coefficient (Wildman–Crippen LogP) is 3.88. The summed E-state index contributed by atoms with van der Waals surface area (Å²) >= 11 is 11.6. The van der Waals surface area contributed by atoms with Crippen molar-refractivity contribution in [2.45, 2.75) is 13.0 Å². The number of hydrogen-bond acceptors (Lipinski definition) is 3. The Hall–Kier alpha value is -1.30. The number of rotatable bonds is 3. The van der Waals surface area contributed by atoms with E-state index in [9.17, 15) is 8.78 Å². The third-order valence-electron chi connectivity index (χ3n) is 2.42. The lowest BCUT2D eigenvalue weighted by Gasteiger charge is -2.11. The summed E-state index contributed by atoms with van der Waals surface area (Å²) in [4.78, 5) is 7.39. The van der Waals surface area contributed by atoms with Crippen molar-refractivity contribution in [3.63, 3.8) is 0 Å². The maximum atomic E-state index is 13.0. The summed E-state index contributed by atoms with van der Waals surface area (Å²) in [5.41, 5.74) is -0.0221. The van der Waals surface area contributed by atoms with Crippen molar-refractivity contribution in [2.24, 2.45) is 0 Å². The minimum atomic E-state index is -2.82. The highest BCUT2D eigenvalue weighted by Gasteiger charge is 2.21. The molecule has 0 aliphatic rings. The van der Waals surface area contributed by atoms with Crippen molar-refractivity contribution in [3.8, 4) is 11.1 Å². The zero-order valence-electron chi connectivity index (χ0n) is 9.45. The Morgan fingerprint density at radius 3 is 2.26 bits per heavy atom. The number of halogens is 4. The molecule has 1 heterocycles. The second-order valence-electron chi connectivity index (χ2n) is 3.66. The molecule has 0 aliphatic carbocycles. The van der Waals surface area contributed by atoms with Gasteiger partial charge in [-0.1, -0.05) is 35.3 Å². The first-order valence-corrected chi connectivity index (χ1v) is 5.99. The Balaban J connectivity index is 2.64. The van der Waals surface area contributed by atoms with Crippen molar-refractivity contribution >= 4 is 23.2 Å². The molecule has 0 radical (unpaired) electrons. The highest BCUT2D eigenvalue weighted by atomic mass is 35.5. The van der Waals surface area contributed by atoms with E-state index in [1.54, 1.807) is 24.3 Å². The Morgan fingerprint density at radius 1 is 1.11 bits per heavy atom. The van der Waals surface area contributed by atoms with Crippen LogP contribution >= 0.6 is 23.2 Å². The lowest BCUT2D eigenvalue weighted by molar-refractivity contribution is 0.145. The maximum Gasteiger partial charge on any atom is 0.281 e. The van der Waals surface area contributed by atoms with Gasteiger partial charge in [-0.05, 0) is 17.7 Å². The van der Waals surface area contributed by atoms with Crippen LogP contribution in [0.25, 0.3) is 11.1 Å². The van der Waals surface area contributed by atoms with E-state index in [4.69, 9.17) is 28.3 Å². The molecule has 0 aliphatic heterocycles. The van der Waals surface area contributed by atoms with Gasteiger partial charge in [-0.3, -0.25) is 0 Å². The summed E-state index contributed by atoms with van der Waals surface area (Å²) < 4.78 is 26.1. The predicted molar refractivity (Wildman–Crippen MR) is 68.4 cm³/mol. The molecule has 0 saturated heterocycles. The summed E-state index contributed by atoms with van der Waals surface area (Å²) in [6, 6.07) is 6.22. The lowest BCUT2D eigenvalue weighted by atomic mass is 10.1. The zero-order chi connectivity index (χ0) is 14.0. The molecule has 2 rings (SSSR count). The van der Waals surface area contributed by atoms with Crippen molar-refractivity contribution < 1.29 is 13.9 Å².